The quantitative estimate of drug-likeness (QED) is 0.602. The molecule has 0 aromatic heterocycles. The van der Waals surface area contributed by atoms with Crippen LogP contribution in [0.1, 0.15) is 32.1 Å². The average molecular weight is 201 g/mol. The van der Waals surface area contributed by atoms with Gasteiger partial charge in [0.1, 0.15) is 5.78 Å². The summed E-state index contributed by atoms with van der Waals surface area (Å²) in [5, 5.41) is 10.1. The van der Waals surface area contributed by atoms with Gasteiger partial charge >= 0.3 is 0 Å². The Hall–Kier alpha value is -0.0800. The summed E-state index contributed by atoms with van der Waals surface area (Å²) in [6.07, 6.45) is 3.62. The van der Waals surface area contributed by atoms with Crippen molar-refractivity contribution in [3.8, 4) is 0 Å². The van der Waals surface area contributed by atoms with E-state index >= 15 is 0 Å². The first-order valence-electron chi connectivity index (χ1n) is 4.95. The van der Waals surface area contributed by atoms with Crippen LogP contribution in [0, 0.1) is 11.8 Å². The van der Waals surface area contributed by atoms with E-state index in [0.29, 0.717) is 25.0 Å². The van der Waals surface area contributed by atoms with E-state index < -0.39 is 5.60 Å². The molecule has 2 nitrogen and oxygen atoms in total. The molecule has 2 unspecified atom stereocenters. The molecule has 3 heteroatoms. The van der Waals surface area contributed by atoms with Gasteiger partial charge < -0.3 is 5.11 Å². The molecule has 0 radical (unpaired) electrons. The summed E-state index contributed by atoms with van der Waals surface area (Å²) in [6.45, 7) is 0. The van der Waals surface area contributed by atoms with Crippen LogP contribution < -0.4 is 0 Å². The van der Waals surface area contributed by atoms with Crippen LogP contribution in [0.3, 0.4) is 0 Å². The molecule has 13 heavy (non-hydrogen) atoms. The van der Waals surface area contributed by atoms with Crippen molar-refractivity contribution in [1.82, 2.24) is 0 Å². The fourth-order valence-corrected chi connectivity index (χ4v) is 4.35. The fraction of sp³-hybridized carbons (Fsp3) is 0.900. The Balaban J connectivity index is 2.04. The molecule has 4 rings (SSSR count). The third-order valence-corrected chi connectivity index (χ3v) is 4.37. The predicted octanol–water partition coefficient (Wildman–Crippen LogP) is 1.49. The lowest BCUT2D eigenvalue weighted by atomic mass is 9.53. The number of ketones is 1. The molecule has 0 aromatic rings. The molecule has 0 aromatic carbocycles. The molecule has 4 saturated carbocycles. The van der Waals surface area contributed by atoms with Gasteiger partial charge in [0.2, 0.25) is 0 Å². The summed E-state index contributed by atoms with van der Waals surface area (Å²) >= 11 is 6.37. The minimum Gasteiger partial charge on any atom is -0.390 e. The van der Waals surface area contributed by atoms with E-state index in [1.165, 1.54) is 0 Å². The normalized spacial score (nSPS) is 58.8. The number of carbonyl (C=O) groups excluding carboxylic acids is 1. The van der Waals surface area contributed by atoms with Crippen molar-refractivity contribution in [2.75, 3.05) is 0 Å². The number of halogens is 1. The lowest BCUT2D eigenvalue weighted by Crippen LogP contribution is -2.60. The van der Waals surface area contributed by atoms with E-state index in [0.717, 1.165) is 12.8 Å². The van der Waals surface area contributed by atoms with Gasteiger partial charge in [-0.25, -0.2) is 0 Å². The molecular formula is C10H13ClO2. The van der Waals surface area contributed by atoms with Crippen molar-refractivity contribution in [1.29, 1.82) is 0 Å². The Bertz CT molecular complexity index is 249. The Morgan fingerprint density at radius 2 is 1.77 bits per heavy atom. The molecule has 4 aliphatic rings. The van der Waals surface area contributed by atoms with Gasteiger partial charge in [-0.1, -0.05) is 0 Å². The number of Topliss-reactive ketones (excluding diaryl/α,β-unsaturated/α-hetero) is 1. The maximum absolute atomic E-state index is 11.7. The summed E-state index contributed by atoms with van der Waals surface area (Å²) in [6, 6.07) is 0. The molecular weight excluding hydrogens is 188 g/mol. The number of alkyl halides is 1. The smallest absolute Gasteiger partial charge is 0.139 e. The molecule has 0 amide bonds. The molecule has 0 aliphatic heterocycles. The summed E-state index contributed by atoms with van der Waals surface area (Å²) in [7, 11) is 0. The van der Waals surface area contributed by atoms with Gasteiger partial charge in [0, 0.05) is 16.7 Å². The van der Waals surface area contributed by atoms with Crippen molar-refractivity contribution in [2.24, 2.45) is 11.8 Å². The van der Waals surface area contributed by atoms with E-state index in [2.05, 4.69) is 0 Å². The van der Waals surface area contributed by atoms with Crippen LogP contribution >= 0.6 is 11.6 Å². The topological polar surface area (TPSA) is 37.3 Å². The van der Waals surface area contributed by atoms with Gasteiger partial charge in [0.25, 0.3) is 0 Å². The third kappa shape index (κ3) is 1.02. The Kier molecular flexibility index (Phi) is 1.34. The van der Waals surface area contributed by atoms with Crippen LogP contribution in [-0.4, -0.2) is 21.4 Å². The zero-order valence-corrected chi connectivity index (χ0v) is 8.18. The molecule has 0 heterocycles. The van der Waals surface area contributed by atoms with Crippen LogP contribution in [0.25, 0.3) is 0 Å². The van der Waals surface area contributed by atoms with Crippen LogP contribution in [0.2, 0.25) is 0 Å². The molecule has 0 spiro atoms. The number of hydrogen-bond donors (Lipinski definition) is 1. The van der Waals surface area contributed by atoms with Crippen molar-refractivity contribution in [2.45, 2.75) is 42.6 Å². The minimum atomic E-state index is -0.610. The first-order valence-corrected chi connectivity index (χ1v) is 5.33. The monoisotopic (exact) mass is 200 g/mol. The molecule has 2 atom stereocenters. The summed E-state index contributed by atoms with van der Waals surface area (Å²) in [4.78, 5) is 11.4. The van der Waals surface area contributed by atoms with Crippen LogP contribution in [-0.2, 0) is 4.79 Å². The van der Waals surface area contributed by atoms with Crippen molar-refractivity contribution in [3.05, 3.63) is 0 Å². The van der Waals surface area contributed by atoms with Crippen LogP contribution in [0.5, 0.6) is 0 Å². The number of hydrogen-bond acceptors (Lipinski definition) is 2. The summed E-state index contributed by atoms with van der Waals surface area (Å²) < 4.78 is 0. The van der Waals surface area contributed by atoms with Crippen LogP contribution in [0.4, 0.5) is 0 Å². The van der Waals surface area contributed by atoms with E-state index in [4.69, 9.17) is 11.6 Å². The Morgan fingerprint density at radius 3 is 2.23 bits per heavy atom. The highest BCUT2D eigenvalue weighted by Gasteiger charge is 2.60. The highest BCUT2D eigenvalue weighted by Crippen LogP contribution is 2.58. The molecule has 0 saturated heterocycles. The van der Waals surface area contributed by atoms with Gasteiger partial charge in [-0.15, -0.1) is 11.6 Å². The zero-order chi connectivity index (χ0) is 9.27. The van der Waals surface area contributed by atoms with Crippen molar-refractivity contribution in [3.63, 3.8) is 0 Å². The maximum Gasteiger partial charge on any atom is 0.139 e. The van der Waals surface area contributed by atoms with Gasteiger partial charge in [-0.05, 0) is 32.1 Å². The lowest BCUT2D eigenvalue weighted by Gasteiger charge is -2.56. The second kappa shape index (κ2) is 2.12. The van der Waals surface area contributed by atoms with Crippen molar-refractivity contribution >= 4 is 17.4 Å². The second-order valence-corrected chi connectivity index (χ2v) is 5.97. The third-order valence-electron chi connectivity index (χ3n) is 3.93. The molecule has 1 N–H and O–H groups in total. The van der Waals surface area contributed by atoms with Gasteiger partial charge in [0.15, 0.2) is 0 Å². The van der Waals surface area contributed by atoms with E-state index in [9.17, 15) is 9.90 Å². The lowest BCUT2D eigenvalue weighted by molar-refractivity contribution is -0.158. The summed E-state index contributed by atoms with van der Waals surface area (Å²) in [5.74, 6) is 0.480. The predicted molar refractivity (Wildman–Crippen MR) is 48.6 cm³/mol. The maximum atomic E-state index is 11.7. The number of rotatable bonds is 0. The minimum absolute atomic E-state index is 0.0590. The largest absolute Gasteiger partial charge is 0.390 e. The van der Waals surface area contributed by atoms with Gasteiger partial charge in [-0.2, -0.15) is 0 Å². The standard InChI is InChI=1S/C10H13ClO2/c11-9-1-6-3-10(13,5-9)4-7(2-9)8(6)12/h6-7,13H,1-5H2. The fourth-order valence-electron chi connectivity index (χ4n) is 3.73. The van der Waals surface area contributed by atoms with Crippen molar-refractivity contribution < 1.29 is 9.90 Å². The molecule has 4 fully saturated rings. The second-order valence-electron chi connectivity index (χ2n) is 5.16. The zero-order valence-electron chi connectivity index (χ0n) is 7.42. The highest BCUT2D eigenvalue weighted by molar-refractivity contribution is 6.25. The summed E-state index contributed by atoms with van der Waals surface area (Å²) in [5.41, 5.74) is -0.610. The van der Waals surface area contributed by atoms with E-state index in [-0.39, 0.29) is 16.7 Å². The van der Waals surface area contributed by atoms with Crippen LogP contribution in [0.15, 0.2) is 0 Å². The van der Waals surface area contributed by atoms with Gasteiger partial charge in [-0.3, -0.25) is 4.79 Å². The molecule has 72 valence electrons. The first kappa shape index (κ1) is 8.25. The van der Waals surface area contributed by atoms with Gasteiger partial charge in [0.05, 0.1) is 5.60 Å². The Morgan fingerprint density at radius 1 is 1.23 bits per heavy atom. The SMILES string of the molecule is O=C1C2CC3(O)CC1CC(Cl)(C2)C3. The first-order chi connectivity index (χ1) is 6.00. The number of aliphatic hydroxyl groups is 1. The van der Waals surface area contributed by atoms with E-state index in [1.54, 1.807) is 0 Å². The number of carbonyl (C=O) groups is 1. The Labute approximate surface area is 82.3 Å². The van der Waals surface area contributed by atoms with E-state index in [1.807, 2.05) is 0 Å². The average Bonchev–Trinajstić information content (AvgIpc) is 1.94. The molecule has 4 bridgehead atoms. The highest BCUT2D eigenvalue weighted by atomic mass is 35.5. The molecule has 4 aliphatic carbocycles.